The van der Waals surface area contributed by atoms with E-state index >= 15 is 0 Å². The first kappa shape index (κ1) is 16.7. The molecule has 0 amide bonds. The average molecular weight is 435 g/mol. The van der Waals surface area contributed by atoms with Gasteiger partial charge < -0.3 is 4.74 Å². The summed E-state index contributed by atoms with van der Waals surface area (Å²) in [7, 11) is 1.62. The lowest BCUT2D eigenvalue weighted by Crippen LogP contribution is -2.16. The minimum atomic E-state index is -0.153. The van der Waals surface area contributed by atoms with E-state index in [1.807, 2.05) is 18.2 Å². The molecule has 0 radical (unpaired) electrons. The summed E-state index contributed by atoms with van der Waals surface area (Å²) < 4.78 is 7.05. The Morgan fingerprint density at radius 2 is 1.81 bits per heavy atom. The van der Waals surface area contributed by atoms with Crippen molar-refractivity contribution in [3.63, 3.8) is 0 Å². The molecule has 0 saturated heterocycles. The average Bonchev–Trinajstić information content (AvgIpc) is 2.40. The lowest BCUT2D eigenvalue weighted by atomic mass is 9.92. The first-order chi connectivity index (χ1) is 9.74. The van der Waals surface area contributed by atoms with Crippen molar-refractivity contribution in [1.29, 1.82) is 0 Å². The fourth-order valence-electron chi connectivity index (χ4n) is 1.89. The molecule has 6 heteroatoms. The summed E-state index contributed by atoms with van der Waals surface area (Å²) in [5.74, 6) is 1.25. The molecule has 112 valence electrons. The van der Waals surface area contributed by atoms with E-state index in [4.69, 9.17) is 16.3 Å². The van der Waals surface area contributed by atoms with Crippen molar-refractivity contribution in [2.24, 2.45) is 0 Å². The predicted octanol–water partition coefficient (Wildman–Crippen LogP) is 5.63. The van der Waals surface area contributed by atoms with Gasteiger partial charge in [-0.05, 0) is 34.1 Å². The molecular weight excluding hydrogens is 419 g/mol. The van der Waals surface area contributed by atoms with E-state index in [9.17, 15) is 0 Å². The van der Waals surface area contributed by atoms with Crippen molar-refractivity contribution in [2.75, 3.05) is 7.11 Å². The molecule has 0 atom stereocenters. The van der Waals surface area contributed by atoms with Crippen LogP contribution < -0.4 is 4.74 Å². The van der Waals surface area contributed by atoms with Gasteiger partial charge in [0.25, 0.3) is 0 Å². The molecule has 1 heterocycles. The Morgan fingerprint density at radius 3 is 2.38 bits per heavy atom. The lowest BCUT2D eigenvalue weighted by Gasteiger charge is -2.21. The highest BCUT2D eigenvalue weighted by molar-refractivity contribution is 9.10. The molecule has 0 aliphatic carbocycles. The topological polar surface area (TPSA) is 35.0 Å². The van der Waals surface area contributed by atoms with Crippen LogP contribution in [-0.2, 0) is 5.41 Å². The third-order valence-electron chi connectivity index (χ3n) is 2.92. The highest BCUT2D eigenvalue weighted by Crippen LogP contribution is 2.37. The third-order valence-corrected chi connectivity index (χ3v) is 4.67. The van der Waals surface area contributed by atoms with Crippen LogP contribution in [0.25, 0.3) is 11.4 Å². The maximum Gasteiger partial charge on any atom is 0.164 e. The number of halogens is 3. The molecule has 21 heavy (non-hydrogen) atoms. The molecule has 0 unspecified atom stereocenters. The predicted molar refractivity (Wildman–Crippen MR) is 93.1 cm³/mol. The van der Waals surface area contributed by atoms with Crippen LogP contribution in [0.3, 0.4) is 0 Å². The van der Waals surface area contributed by atoms with Crippen molar-refractivity contribution < 1.29 is 4.74 Å². The van der Waals surface area contributed by atoms with Crippen LogP contribution >= 0.6 is 43.5 Å². The van der Waals surface area contributed by atoms with Crippen LogP contribution in [0.1, 0.15) is 26.5 Å². The molecule has 0 saturated carbocycles. The Morgan fingerprint density at radius 1 is 1.14 bits per heavy atom. The van der Waals surface area contributed by atoms with Gasteiger partial charge in [0.05, 0.1) is 22.8 Å². The quantitative estimate of drug-likeness (QED) is 0.575. The largest absolute Gasteiger partial charge is 0.496 e. The maximum atomic E-state index is 6.26. The maximum absolute atomic E-state index is 6.26. The van der Waals surface area contributed by atoms with E-state index in [2.05, 4.69) is 62.6 Å². The van der Waals surface area contributed by atoms with Crippen LogP contribution in [0.5, 0.6) is 5.75 Å². The van der Waals surface area contributed by atoms with Gasteiger partial charge in [-0.25, -0.2) is 9.97 Å². The number of hydrogen-bond acceptors (Lipinski definition) is 3. The molecule has 0 aliphatic rings. The lowest BCUT2D eigenvalue weighted by molar-refractivity contribution is 0.416. The second-order valence-corrected chi connectivity index (χ2v) is 7.66. The Kier molecular flexibility index (Phi) is 4.96. The van der Waals surface area contributed by atoms with Crippen molar-refractivity contribution in [3.05, 3.63) is 38.0 Å². The van der Waals surface area contributed by atoms with Crippen LogP contribution in [0.2, 0.25) is 5.15 Å². The Hall–Kier alpha value is -0.650. The van der Waals surface area contributed by atoms with Gasteiger partial charge in [-0.2, -0.15) is 0 Å². The van der Waals surface area contributed by atoms with E-state index in [-0.39, 0.29) is 5.41 Å². The Labute approximate surface area is 146 Å². The number of methoxy groups -OCH3 is 1. The van der Waals surface area contributed by atoms with Gasteiger partial charge in [0.1, 0.15) is 10.9 Å². The number of benzene rings is 1. The molecule has 0 N–H and O–H groups in total. The summed E-state index contributed by atoms with van der Waals surface area (Å²) in [5.41, 5.74) is 1.51. The summed E-state index contributed by atoms with van der Waals surface area (Å²) in [5, 5.41) is 0.395. The number of hydrogen-bond donors (Lipinski definition) is 0. The normalized spacial score (nSPS) is 11.6. The van der Waals surface area contributed by atoms with Crippen molar-refractivity contribution in [2.45, 2.75) is 26.2 Å². The number of ether oxygens (including phenoxy) is 1. The van der Waals surface area contributed by atoms with E-state index in [1.165, 1.54) is 0 Å². The second kappa shape index (κ2) is 6.23. The van der Waals surface area contributed by atoms with E-state index in [1.54, 1.807) is 7.11 Å². The van der Waals surface area contributed by atoms with Gasteiger partial charge in [0.2, 0.25) is 0 Å². The van der Waals surface area contributed by atoms with Gasteiger partial charge in [0, 0.05) is 9.89 Å². The molecular formula is C15H15Br2ClN2O. The summed E-state index contributed by atoms with van der Waals surface area (Å²) in [6.45, 7) is 6.25. The van der Waals surface area contributed by atoms with Crippen LogP contribution in [-0.4, -0.2) is 17.1 Å². The highest BCUT2D eigenvalue weighted by atomic mass is 79.9. The monoisotopic (exact) mass is 432 g/mol. The fraction of sp³-hybridized carbons (Fsp3) is 0.333. The van der Waals surface area contributed by atoms with Crippen molar-refractivity contribution >= 4 is 43.5 Å². The van der Waals surface area contributed by atoms with E-state index in [0.717, 1.165) is 20.2 Å². The second-order valence-electron chi connectivity index (χ2n) is 5.60. The molecule has 0 spiro atoms. The van der Waals surface area contributed by atoms with Gasteiger partial charge in [0.15, 0.2) is 5.82 Å². The molecule has 1 aromatic heterocycles. The summed E-state index contributed by atoms with van der Waals surface area (Å²) in [4.78, 5) is 9.05. The third kappa shape index (κ3) is 3.58. The SMILES string of the molecule is COc1ccc(Br)cc1-c1nc(Cl)c(Br)c(C(C)(C)C)n1. The van der Waals surface area contributed by atoms with Crippen molar-refractivity contribution in [3.8, 4) is 17.1 Å². The first-order valence-corrected chi connectivity index (χ1v) is 8.28. The van der Waals surface area contributed by atoms with Crippen LogP contribution in [0.4, 0.5) is 0 Å². The van der Waals surface area contributed by atoms with Crippen molar-refractivity contribution in [1.82, 2.24) is 9.97 Å². The number of nitrogens with zero attached hydrogens (tertiary/aromatic N) is 2. The first-order valence-electron chi connectivity index (χ1n) is 6.31. The van der Waals surface area contributed by atoms with E-state index < -0.39 is 0 Å². The molecule has 2 rings (SSSR count). The van der Waals surface area contributed by atoms with Gasteiger partial charge in [-0.3, -0.25) is 0 Å². The standard InChI is InChI=1S/C15H15Br2ClN2O/c1-15(2,3)12-11(17)13(18)20-14(19-12)9-7-8(16)5-6-10(9)21-4/h5-7H,1-4H3. The molecule has 1 aromatic carbocycles. The molecule has 0 bridgehead atoms. The molecule has 0 fully saturated rings. The molecule has 2 aromatic rings. The summed E-state index contributed by atoms with van der Waals surface area (Å²) in [6, 6.07) is 5.70. The molecule has 0 aliphatic heterocycles. The Bertz CT molecular complexity index is 684. The summed E-state index contributed by atoms with van der Waals surface area (Å²) >= 11 is 13.2. The van der Waals surface area contributed by atoms with Gasteiger partial charge >= 0.3 is 0 Å². The fourth-order valence-corrected chi connectivity index (χ4v) is 3.19. The summed E-state index contributed by atoms with van der Waals surface area (Å²) in [6.07, 6.45) is 0. The van der Waals surface area contributed by atoms with Crippen LogP contribution in [0.15, 0.2) is 27.1 Å². The smallest absolute Gasteiger partial charge is 0.164 e. The Balaban J connectivity index is 2.71. The highest BCUT2D eigenvalue weighted by Gasteiger charge is 2.24. The minimum Gasteiger partial charge on any atom is -0.496 e. The zero-order valence-corrected chi connectivity index (χ0v) is 16.1. The van der Waals surface area contributed by atoms with Crippen LogP contribution in [0, 0.1) is 0 Å². The minimum absolute atomic E-state index is 0.153. The van der Waals surface area contributed by atoms with Gasteiger partial charge in [-0.15, -0.1) is 0 Å². The zero-order valence-electron chi connectivity index (χ0n) is 12.2. The number of rotatable bonds is 2. The van der Waals surface area contributed by atoms with E-state index in [0.29, 0.717) is 16.7 Å². The zero-order chi connectivity index (χ0) is 15.8. The molecule has 3 nitrogen and oxygen atoms in total. The van der Waals surface area contributed by atoms with Gasteiger partial charge in [-0.1, -0.05) is 48.3 Å². The number of aromatic nitrogens is 2.